The molecule has 0 saturated carbocycles. The van der Waals surface area contributed by atoms with Gasteiger partial charge in [-0.25, -0.2) is 4.79 Å². The van der Waals surface area contributed by atoms with Crippen LogP contribution in [0.2, 0.25) is 0 Å². The van der Waals surface area contributed by atoms with Gasteiger partial charge in [-0.3, -0.25) is 9.36 Å². The Labute approximate surface area is 116 Å². The molecule has 1 atom stereocenters. The number of nitrogens with zero attached hydrogens (tertiary/aromatic N) is 2. The summed E-state index contributed by atoms with van der Waals surface area (Å²) < 4.78 is 6.65. The molecule has 1 saturated heterocycles. The minimum absolute atomic E-state index is 0.00152. The smallest absolute Gasteiger partial charge is 0.408 e. The van der Waals surface area contributed by atoms with E-state index in [1.165, 1.54) is 11.0 Å². The van der Waals surface area contributed by atoms with Crippen LogP contribution in [0.1, 0.15) is 32.2 Å². The first-order chi connectivity index (χ1) is 9.68. The van der Waals surface area contributed by atoms with Crippen molar-refractivity contribution in [2.24, 2.45) is 0 Å². The number of oxazole rings is 1. The summed E-state index contributed by atoms with van der Waals surface area (Å²) in [6.07, 6.45) is 3.26. The number of hydrogen-bond acceptors (Lipinski definition) is 3. The Morgan fingerprint density at radius 1 is 1.20 bits per heavy atom. The number of aromatic nitrogens is 1. The summed E-state index contributed by atoms with van der Waals surface area (Å²) in [5, 5.41) is 0. The lowest BCUT2D eigenvalue weighted by molar-refractivity contribution is -0.135. The topological polar surface area (TPSA) is 55.5 Å². The fourth-order valence-corrected chi connectivity index (χ4v) is 2.84. The molecule has 0 aliphatic carbocycles. The number of amides is 1. The van der Waals surface area contributed by atoms with Gasteiger partial charge >= 0.3 is 5.76 Å². The van der Waals surface area contributed by atoms with Crippen LogP contribution in [-0.4, -0.2) is 28.5 Å². The second kappa shape index (κ2) is 5.15. The van der Waals surface area contributed by atoms with Crippen molar-refractivity contribution in [3.63, 3.8) is 0 Å². The molecule has 106 valence electrons. The Bertz CT molecular complexity index is 680. The van der Waals surface area contributed by atoms with Crippen LogP contribution >= 0.6 is 0 Å². The highest BCUT2D eigenvalue weighted by Crippen LogP contribution is 2.20. The minimum Gasteiger partial charge on any atom is -0.408 e. The number of carbonyl (C=O) groups is 1. The molecule has 2 heterocycles. The van der Waals surface area contributed by atoms with Crippen LogP contribution in [0.25, 0.3) is 11.1 Å². The standard InChI is InChI=1S/C15H18N2O3/c1-11(14(18)16-9-5-2-6-10-16)17-12-7-3-4-8-13(12)20-15(17)19/h3-4,7-8,11H,2,5-6,9-10H2,1H3. The zero-order chi connectivity index (χ0) is 14.1. The Hall–Kier alpha value is -2.04. The predicted octanol–water partition coefficient (Wildman–Crippen LogP) is 2.17. The number of carbonyl (C=O) groups excluding carboxylic acids is 1. The molecule has 1 amide bonds. The molecule has 0 bridgehead atoms. The summed E-state index contributed by atoms with van der Waals surface area (Å²) in [5.41, 5.74) is 1.20. The maximum atomic E-state index is 12.5. The van der Waals surface area contributed by atoms with Crippen LogP contribution in [0.15, 0.2) is 33.5 Å². The number of piperidine rings is 1. The maximum Gasteiger partial charge on any atom is 0.420 e. The van der Waals surface area contributed by atoms with Crippen LogP contribution in [0, 0.1) is 0 Å². The van der Waals surface area contributed by atoms with E-state index in [4.69, 9.17) is 4.42 Å². The fourth-order valence-electron chi connectivity index (χ4n) is 2.84. The molecule has 0 N–H and O–H groups in total. The van der Waals surface area contributed by atoms with E-state index < -0.39 is 11.8 Å². The maximum absolute atomic E-state index is 12.5. The van der Waals surface area contributed by atoms with Gasteiger partial charge in [0, 0.05) is 13.1 Å². The Morgan fingerprint density at radius 2 is 1.90 bits per heavy atom. The first-order valence-corrected chi connectivity index (χ1v) is 7.07. The molecule has 1 aliphatic rings. The van der Waals surface area contributed by atoms with Crippen molar-refractivity contribution < 1.29 is 9.21 Å². The average Bonchev–Trinajstić information content (AvgIpc) is 2.82. The monoisotopic (exact) mass is 274 g/mol. The van der Waals surface area contributed by atoms with Gasteiger partial charge in [-0.2, -0.15) is 0 Å². The minimum atomic E-state index is -0.524. The molecule has 5 nitrogen and oxygen atoms in total. The van der Waals surface area contributed by atoms with Gasteiger partial charge in [-0.05, 0) is 38.3 Å². The van der Waals surface area contributed by atoms with E-state index in [1.807, 2.05) is 17.0 Å². The Kier molecular flexibility index (Phi) is 3.34. The van der Waals surface area contributed by atoms with Crippen molar-refractivity contribution in [3.8, 4) is 0 Å². The fraction of sp³-hybridized carbons (Fsp3) is 0.467. The van der Waals surface area contributed by atoms with E-state index in [1.54, 1.807) is 19.1 Å². The first-order valence-electron chi connectivity index (χ1n) is 7.07. The highest BCUT2D eigenvalue weighted by molar-refractivity contribution is 5.83. The highest BCUT2D eigenvalue weighted by Gasteiger charge is 2.26. The third kappa shape index (κ3) is 2.13. The quantitative estimate of drug-likeness (QED) is 0.843. The predicted molar refractivity (Wildman–Crippen MR) is 75.6 cm³/mol. The number of para-hydroxylation sites is 2. The third-order valence-corrected chi connectivity index (χ3v) is 3.93. The second-order valence-corrected chi connectivity index (χ2v) is 5.27. The van der Waals surface area contributed by atoms with Crippen LogP contribution in [0.4, 0.5) is 0 Å². The molecule has 0 spiro atoms. The molecular formula is C15H18N2O3. The summed E-state index contributed by atoms with van der Waals surface area (Å²) in [4.78, 5) is 26.4. The van der Waals surface area contributed by atoms with E-state index >= 15 is 0 Å². The number of rotatable bonds is 2. The summed E-state index contributed by atoms with van der Waals surface area (Å²) in [6, 6.07) is 6.67. The summed E-state index contributed by atoms with van der Waals surface area (Å²) in [7, 11) is 0. The third-order valence-electron chi connectivity index (χ3n) is 3.93. The lowest BCUT2D eigenvalue weighted by Gasteiger charge is -2.29. The van der Waals surface area contributed by atoms with Gasteiger partial charge in [0.25, 0.3) is 0 Å². The van der Waals surface area contributed by atoms with E-state index in [9.17, 15) is 9.59 Å². The summed E-state index contributed by atoms with van der Waals surface area (Å²) >= 11 is 0. The van der Waals surface area contributed by atoms with Gasteiger partial charge in [0.15, 0.2) is 5.58 Å². The van der Waals surface area contributed by atoms with Gasteiger partial charge in [-0.1, -0.05) is 12.1 Å². The Morgan fingerprint density at radius 3 is 2.65 bits per heavy atom. The van der Waals surface area contributed by atoms with Crippen LogP contribution in [0.3, 0.4) is 0 Å². The SMILES string of the molecule is CC(C(=O)N1CCCCC1)n1c(=O)oc2ccccc21. The van der Waals surface area contributed by atoms with Gasteiger partial charge in [0.1, 0.15) is 6.04 Å². The zero-order valence-corrected chi connectivity index (χ0v) is 11.5. The van der Waals surface area contributed by atoms with Crippen LogP contribution in [-0.2, 0) is 4.79 Å². The zero-order valence-electron chi connectivity index (χ0n) is 11.5. The lowest BCUT2D eigenvalue weighted by atomic mass is 10.1. The molecule has 0 radical (unpaired) electrons. The van der Waals surface area contributed by atoms with Crippen molar-refractivity contribution in [3.05, 3.63) is 34.8 Å². The molecule has 3 rings (SSSR count). The molecule has 1 unspecified atom stereocenters. The number of benzene rings is 1. The lowest BCUT2D eigenvalue weighted by Crippen LogP contribution is -2.41. The molecule has 20 heavy (non-hydrogen) atoms. The summed E-state index contributed by atoms with van der Waals surface area (Å²) in [5.74, 6) is -0.470. The van der Waals surface area contributed by atoms with Crippen molar-refractivity contribution in [1.82, 2.24) is 9.47 Å². The van der Waals surface area contributed by atoms with Crippen molar-refractivity contribution in [2.45, 2.75) is 32.2 Å². The van der Waals surface area contributed by atoms with Crippen molar-refractivity contribution >= 4 is 17.0 Å². The van der Waals surface area contributed by atoms with E-state index in [-0.39, 0.29) is 5.91 Å². The molecule has 2 aromatic rings. The molecule has 1 aromatic carbocycles. The normalized spacial score (nSPS) is 17.4. The van der Waals surface area contributed by atoms with Crippen LogP contribution < -0.4 is 5.76 Å². The number of fused-ring (bicyclic) bond motifs is 1. The Balaban J connectivity index is 1.95. The van der Waals surface area contributed by atoms with Gasteiger partial charge in [0.2, 0.25) is 5.91 Å². The molecule has 1 fully saturated rings. The van der Waals surface area contributed by atoms with Crippen molar-refractivity contribution in [2.75, 3.05) is 13.1 Å². The van der Waals surface area contributed by atoms with E-state index in [0.29, 0.717) is 11.1 Å². The average molecular weight is 274 g/mol. The first kappa shape index (κ1) is 13.0. The largest absolute Gasteiger partial charge is 0.420 e. The van der Waals surface area contributed by atoms with Gasteiger partial charge in [0.05, 0.1) is 5.52 Å². The second-order valence-electron chi connectivity index (χ2n) is 5.27. The molecule has 5 heteroatoms. The van der Waals surface area contributed by atoms with E-state index in [2.05, 4.69) is 0 Å². The van der Waals surface area contributed by atoms with Crippen molar-refractivity contribution in [1.29, 1.82) is 0 Å². The number of hydrogen-bond donors (Lipinski definition) is 0. The molecular weight excluding hydrogens is 256 g/mol. The summed E-state index contributed by atoms with van der Waals surface area (Å²) in [6.45, 7) is 3.34. The van der Waals surface area contributed by atoms with E-state index in [0.717, 1.165) is 25.9 Å². The highest BCUT2D eigenvalue weighted by atomic mass is 16.4. The van der Waals surface area contributed by atoms with Gasteiger partial charge < -0.3 is 9.32 Å². The molecule has 1 aliphatic heterocycles. The van der Waals surface area contributed by atoms with Crippen LogP contribution in [0.5, 0.6) is 0 Å². The number of likely N-dealkylation sites (tertiary alicyclic amines) is 1. The van der Waals surface area contributed by atoms with Gasteiger partial charge in [-0.15, -0.1) is 0 Å². The molecule has 1 aromatic heterocycles.